The van der Waals surface area contributed by atoms with E-state index >= 15 is 13.2 Å². The second-order valence-corrected chi connectivity index (χ2v) is 12.9. The van der Waals surface area contributed by atoms with Crippen molar-refractivity contribution in [2.45, 2.75) is 96.2 Å². The maximum atomic E-state index is 15.6. The number of piperazine rings is 1. The molecular weight excluding hydrogens is 627 g/mol. The number of benzene rings is 1. The topological polar surface area (TPSA) is 129 Å². The second kappa shape index (κ2) is 16.4. The predicted octanol–water partition coefficient (Wildman–Crippen LogP) is 4.00. The number of alkyl halides is 2. The van der Waals surface area contributed by atoms with Crippen LogP contribution >= 0.6 is 0 Å². The van der Waals surface area contributed by atoms with Crippen LogP contribution in [0.2, 0.25) is 0 Å². The maximum absolute atomic E-state index is 15.6. The van der Waals surface area contributed by atoms with Crippen molar-refractivity contribution < 1.29 is 32.3 Å². The summed E-state index contributed by atoms with van der Waals surface area (Å²) in [5, 5.41) is 11.4. The van der Waals surface area contributed by atoms with Crippen molar-refractivity contribution in [2.75, 3.05) is 38.5 Å². The fourth-order valence-electron chi connectivity index (χ4n) is 6.32. The SMILES string of the molecule is CCC(=O)NC(C(=O)N1CCN(C)CC1)C(C)c1ccc(NC(=O)C(NC(=O)C(F)(F)c2cnn(CC)c2)C2CCCCCC2)c(F)c1. The largest absolute Gasteiger partial charge is 0.352 e. The van der Waals surface area contributed by atoms with E-state index in [-0.39, 0.29) is 23.9 Å². The molecule has 2 aromatic rings. The van der Waals surface area contributed by atoms with Crippen LogP contribution in [0.25, 0.3) is 0 Å². The molecule has 48 heavy (non-hydrogen) atoms. The van der Waals surface area contributed by atoms with Crippen molar-refractivity contribution in [1.82, 2.24) is 30.2 Å². The Hall–Kier alpha value is -3.94. The van der Waals surface area contributed by atoms with E-state index in [9.17, 15) is 19.2 Å². The zero-order valence-electron chi connectivity index (χ0n) is 28.2. The summed E-state index contributed by atoms with van der Waals surface area (Å²) >= 11 is 0. The standard InChI is InChI=1S/C34H48F3N7O4/c1-5-28(45)40-29(32(47)43-17-15-42(4)16-18-43)22(3)24-13-14-27(26(35)19-24)39-31(46)30(23-11-9-7-8-10-12-23)41-33(48)34(36,37)25-20-38-44(6-2)21-25/h13-14,19-23,29-30H,5-12,15-18H2,1-4H3,(H,39,46)(H,40,45)(H,41,48). The first kappa shape index (κ1) is 36.9. The molecule has 1 aromatic heterocycles. The quantitative estimate of drug-likeness (QED) is 0.292. The highest BCUT2D eigenvalue weighted by Crippen LogP contribution is 2.32. The number of aromatic nitrogens is 2. The van der Waals surface area contributed by atoms with Crippen LogP contribution < -0.4 is 16.0 Å². The van der Waals surface area contributed by atoms with Crippen molar-refractivity contribution in [2.24, 2.45) is 5.92 Å². The van der Waals surface area contributed by atoms with Gasteiger partial charge in [0.2, 0.25) is 17.7 Å². The molecule has 264 valence electrons. The molecule has 11 nitrogen and oxygen atoms in total. The lowest BCUT2D eigenvalue weighted by Gasteiger charge is -2.36. The van der Waals surface area contributed by atoms with Gasteiger partial charge in [0.1, 0.15) is 17.9 Å². The Morgan fingerprint density at radius 2 is 1.67 bits per heavy atom. The van der Waals surface area contributed by atoms with Gasteiger partial charge in [-0.05, 0) is 50.4 Å². The number of aryl methyl sites for hydroxylation is 1. The molecule has 14 heteroatoms. The molecule has 1 aromatic carbocycles. The van der Waals surface area contributed by atoms with Gasteiger partial charge in [-0.1, -0.05) is 45.6 Å². The average Bonchev–Trinajstić information content (AvgIpc) is 3.42. The van der Waals surface area contributed by atoms with E-state index in [0.29, 0.717) is 51.1 Å². The third-order valence-electron chi connectivity index (χ3n) is 9.54. The van der Waals surface area contributed by atoms with Crippen LogP contribution in [0.4, 0.5) is 18.9 Å². The van der Waals surface area contributed by atoms with Gasteiger partial charge in [-0.3, -0.25) is 23.9 Å². The molecule has 2 aliphatic rings. The highest BCUT2D eigenvalue weighted by molar-refractivity contribution is 5.98. The van der Waals surface area contributed by atoms with Gasteiger partial charge in [-0.2, -0.15) is 13.9 Å². The molecule has 2 fully saturated rings. The number of nitrogens with one attached hydrogen (secondary N) is 3. The van der Waals surface area contributed by atoms with Crippen molar-refractivity contribution in [3.63, 3.8) is 0 Å². The highest BCUT2D eigenvalue weighted by Gasteiger charge is 2.45. The van der Waals surface area contributed by atoms with Crippen LogP contribution in [-0.4, -0.2) is 88.5 Å². The van der Waals surface area contributed by atoms with Gasteiger partial charge in [-0.15, -0.1) is 0 Å². The van der Waals surface area contributed by atoms with Gasteiger partial charge < -0.3 is 25.8 Å². The Morgan fingerprint density at radius 1 is 1.00 bits per heavy atom. The summed E-state index contributed by atoms with van der Waals surface area (Å²) in [6, 6.07) is 1.85. The molecule has 3 unspecified atom stereocenters. The summed E-state index contributed by atoms with van der Waals surface area (Å²) in [6.07, 6.45) is 6.68. The summed E-state index contributed by atoms with van der Waals surface area (Å²) in [5.74, 6) is -8.76. The number of nitrogens with zero attached hydrogens (tertiary/aromatic N) is 4. The molecule has 4 rings (SSSR count). The molecule has 4 amide bonds. The first-order valence-electron chi connectivity index (χ1n) is 16.9. The first-order chi connectivity index (χ1) is 22.8. The molecule has 1 aliphatic heterocycles. The Bertz CT molecular complexity index is 1440. The molecule has 3 N–H and O–H groups in total. The number of amides is 4. The van der Waals surface area contributed by atoms with Crippen LogP contribution in [0.1, 0.15) is 82.8 Å². The number of rotatable bonds is 12. The Morgan fingerprint density at radius 3 is 2.25 bits per heavy atom. The number of carbonyl (C=O) groups is 4. The van der Waals surface area contributed by atoms with Crippen LogP contribution in [0.3, 0.4) is 0 Å². The predicted molar refractivity (Wildman–Crippen MR) is 175 cm³/mol. The van der Waals surface area contributed by atoms with E-state index in [1.165, 1.54) is 16.8 Å². The van der Waals surface area contributed by atoms with Gasteiger partial charge in [-0.25, -0.2) is 4.39 Å². The summed E-state index contributed by atoms with van der Waals surface area (Å²) < 4.78 is 47.4. The van der Waals surface area contributed by atoms with E-state index in [2.05, 4.69) is 25.9 Å². The number of anilines is 1. The van der Waals surface area contributed by atoms with Crippen LogP contribution in [-0.2, 0) is 31.6 Å². The number of halogens is 3. The van der Waals surface area contributed by atoms with Gasteiger partial charge in [0.25, 0.3) is 5.91 Å². The number of carbonyl (C=O) groups excluding carboxylic acids is 4. The van der Waals surface area contributed by atoms with Crippen LogP contribution in [0.15, 0.2) is 30.6 Å². The third-order valence-corrected chi connectivity index (χ3v) is 9.54. The zero-order chi connectivity index (χ0) is 35.0. The molecule has 1 saturated carbocycles. The minimum atomic E-state index is -3.94. The lowest BCUT2D eigenvalue weighted by Crippen LogP contribution is -2.55. The van der Waals surface area contributed by atoms with Crippen LogP contribution in [0.5, 0.6) is 0 Å². The fraction of sp³-hybridized carbons (Fsp3) is 0.618. The number of hydrogen-bond donors (Lipinski definition) is 3. The first-order valence-corrected chi connectivity index (χ1v) is 16.9. The van der Waals surface area contributed by atoms with Gasteiger partial charge in [0.15, 0.2) is 0 Å². The second-order valence-electron chi connectivity index (χ2n) is 12.9. The van der Waals surface area contributed by atoms with Crippen molar-refractivity contribution >= 4 is 29.3 Å². The molecular formula is C34H48F3N7O4. The molecule has 0 bridgehead atoms. The fourth-order valence-corrected chi connectivity index (χ4v) is 6.32. The van der Waals surface area contributed by atoms with Crippen molar-refractivity contribution in [3.8, 4) is 0 Å². The Labute approximate surface area is 280 Å². The summed E-state index contributed by atoms with van der Waals surface area (Å²) in [5.41, 5.74) is -0.355. The van der Waals surface area contributed by atoms with Crippen molar-refractivity contribution in [3.05, 3.63) is 47.5 Å². The van der Waals surface area contributed by atoms with Crippen molar-refractivity contribution in [1.29, 1.82) is 0 Å². The zero-order valence-corrected chi connectivity index (χ0v) is 28.2. The van der Waals surface area contributed by atoms with Gasteiger partial charge >= 0.3 is 5.92 Å². The summed E-state index contributed by atoms with van der Waals surface area (Å²) in [7, 11) is 1.97. The average molecular weight is 676 g/mol. The summed E-state index contributed by atoms with van der Waals surface area (Å²) in [6.45, 7) is 7.88. The lowest BCUT2D eigenvalue weighted by molar-refractivity contribution is -0.149. The Balaban J connectivity index is 1.53. The lowest BCUT2D eigenvalue weighted by atomic mass is 9.90. The van der Waals surface area contributed by atoms with E-state index in [0.717, 1.165) is 38.1 Å². The molecule has 0 spiro atoms. The number of likely N-dealkylation sites (N-methyl/N-ethyl adjacent to an activating group) is 1. The molecule has 1 saturated heterocycles. The maximum Gasteiger partial charge on any atom is 0.352 e. The summed E-state index contributed by atoms with van der Waals surface area (Å²) in [4.78, 5) is 56.4. The minimum absolute atomic E-state index is 0.172. The van der Waals surface area contributed by atoms with Gasteiger partial charge in [0, 0.05) is 51.3 Å². The van der Waals surface area contributed by atoms with E-state index in [4.69, 9.17) is 0 Å². The van der Waals surface area contributed by atoms with Crippen LogP contribution in [0, 0.1) is 11.7 Å². The molecule has 2 heterocycles. The van der Waals surface area contributed by atoms with E-state index in [1.54, 1.807) is 31.7 Å². The minimum Gasteiger partial charge on any atom is -0.344 e. The molecule has 1 aliphatic carbocycles. The van der Waals surface area contributed by atoms with Gasteiger partial charge in [0.05, 0.1) is 17.4 Å². The normalized spacial score (nSPS) is 18.4. The smallest absolute Gasteiger partial charge is 0.344 e. The molecule has 3 atom stereocenters. The number of hydrogen-bond acceptors (Lipinski definition) is 6. The van der Waals surface area contributed by atoms with E-state index < -0.39 is 53.0 Å². The molecule has 0 radical (unpaired) electrons. The monoisotopic (exact) mass is 675 g/mol. The Kier molecular flexibility index (Phi) is 12.6. The third kappa shape index (κ3) is 8.94. The van der Waals surface area contributed by atoms with E-state index in [1.807, 2.05) is 7.05 Å². The highest BCUT2D eigenvalue weighted by atomic mass is 19.3.